The number of rotatable bonds is 3. The summed E-state index contributed by atoms with van der Waals surface area (Å²) in [5.74, 6) is -0.505. The molecule has 0 unspecified atom stereocenters. The maximum atomic E-state index is 12.2. The molecule has 0 saturated carbocycles. The number of aryl methyl sites for hydroxylation is 2. The van der Waals surface area contributed by atoms with E-state index in [1.807, 2.05) is 26.0 Å². The smallest absolute Gasteiger partial charge is 0.323 e. The van der Waals surface area contributed by atoms with Crippen LogP contribution in [0.1, 0.15) is 21.6 Å². The van der Waals surface area contributed by atoms with E-state index < -0.39 is 4.92 Å². The van der Waals surface area contributed by atoms with Crippen LogP contribution in [0.4, 0.5) is 11.5 Å². The molecule has 1 aromatic carbocycles. The summed E-state index contributed by atoms with van der Waals surface area (Å²) in [6.45, 7) is 3.86. The second-order valence-electron chi connectivity index (χ2n) is 4.77. The number of benzene rings is 1. The maximum absolute atomic E-state index is 12.2. The van der Waals surface area contributed by atoms with Gasteiger partial charge in [-0.3, -0.25) is 4.79 Å². The van der Waals surface area contributed by atoms with E-state index in [2.05, 4.69) is 21.2 Å². The summed E-state index contributed by atoms with van der Waals surface area (Å²) < 4.78 is 2.25. The molecule has 0 aliphatic carbocycles. The Morgan fingerprint density at radius 2 is 1.86 bits per heavy atom. The minimum Gasteiger partial charge on any atom is -0.358 e. The van der Waals surface area contributed by atoms with Crippen molar-refractivity contribution in [1.29, 1.82) is 0 Å². The first-order valence-corrected chi connectivity index (χ1v) is 6.98. The summed E-state index contributed by atoms with van der Waals surface area (Å²) in [6, 6.07) is 6.43. The van der Waals surface area contributed by atoms with Gasteiger partial charge >= 0.3 is 5.82 Å². The molecular weight excluding hydrogens is 338 g/mol. The number of amides is 1. The van der Waals surface area contributed by atoms with Gasteiger partial charge in [-0.2, -0.15) is 0 Å². The zero-order valence-electron chi connectivity index (χ0n) is 11.8. The minimum absolute atomic E-state index is 0.122. The van der Waals surface area contributed by atoms with E-state index in [0.29, 0.717) is 5.69 Å². The van der Waals surface area contributed by atoms with Crippen molar-refractivity contribution < 1.29 is 9.72 Å². The third kappa shape index (κ3) is 2.97. The Morgan fingerprint density at radius 1 is 1.29 bits per heavy atom. The molecule has 0 atom stereocenters. The molecule has 0 fully saturated rings. The second kappa shape index (κ2) is 5.69. The molecule has 2 aromatic rings. The third-order valence-electron chi connectivity index (χ3n) is 3.21. The second-order valence-corrected chi connectivity index (χ2v) is 5.56. The van der Waals surface area contributed by atoms with Crippen molar-refractivity contribution in [2.24, 2.45) is 7.05 Å². The van der Waals surface area contributed by atoms with Crippen molar-refractivity contribution in [2.45, 2.75) is 13.8 Å². The normalized spacial score (nSPS) is 10.5. The first-order chi connectivity index (χ1) is 9.81. The van der Waals surface area contributed by atoms with Crippen LogP contribution in [0.2, 0.25) is 0 Å². The summed E-state index contributed by atoms with van der Waals surface area (Å²) in [6.07, 6.45) is 0. The fraction of sp³-hybridized carbons (Fsp3) is 0.214. The number of carbonyl (C=O) groups is 1. The topological polar surface area (TPSA) is 77.2 Å². The minimum atomic E-state index is -0.523. The van der Waals surface area contributed by atoms with E-state index in [-0.39, 0.29) is 17.4 Å². The Hall–Kier alpha value is -2.15. The number of hydrogen-bond acceptors (Lipinski definition) is 3. The van der Waals surface area contributed by atoms with Crippen molar-refractivity contribution >= 4 is 33.3 Å². The predicted molar refractivity (Wildman–Crippen MR) is 83.6 cm³/mol. The van der Waals surface area contributed by atoms with Crippen LogP contribution in [-0.2, 0) is 7.05 Å². The molecule has 0 aliphatic heterocycles. The summed E-state index contributed by atoms with van der Waals surface area (Å²) >= 11 is 3.46. The van der Waals surface area contributed by atoms with E-state index in [1.165, 1.54) is 23.7 Å². The highest BCUT2D eigenvalue weighted by Gasteiger charge is 2.20. The van der Waals surface area contributed by atoms with Crippen LogP contribution in [0.3, 0.4) is 0 Å². The number of nitrogens with one attached hydrogen (secondary N) is 1. The Labute approximate surface area is 130 Å². The Kier molecular flexibility index (Phi) is 4.13. The van der Waals surface area contributed by atoms with Gasteiger partial charge in [-0.05, 0) is 48.1 Å². The fourth-order valence-corrected chi connectivity index (χ4v) is 2.35. The van der Waals surface area contributed by atoms with Gasteiger partial charge in [0, 0.05) is 16.2 Å². The largest absolute Gasteiger partial charge is 0.358 e. The standard InChI is InChI=1S/C14H14BrN3O3/c1-8-6-10(7-9(2)13(8)15)16-14(19)11-4-5-12(17(11)3)18(20)21/h4-7H,1-3H3,(H,16,19). The monoisotopic (exact) mass is 351 g/mol. The van der Waals surface area contributed by atoms with Crippen LogP contribution in [0.15, 0.2) is 28.7 Å². The molecule has 6 nitrogen and oxygen atoms in total. The Morgan fingerprint density at radius 3 is 2.33 bits per heavy atom. The molecule has 0 spiro atoms. The molecule has 0 bridgehead atoms. The molecule has 110 valence electrons. The maximum Gasteiger partial charge on any atom is 0.323 e. The lowest BCUT2D eigenvalue weighted by atomic mass is 10.1. The first kappa shape index (κ1) is 15.2. The summed E-state index contributed by atoms with van der Waals surface area (Å²) in [7, 11) is 1.49. The van der Waals surface area contributed by atoms with Crippen molar-refractivity contribution in [3.63, 3.8) is 0 Å². The summed E-state index contributed by atoms with van der Waals surface area (Å²) in [4.78, 5) is 22.5. The van der Waals surface area contributed by atoms with Crippen LogP contribution >= 0.6 is 15.9 Å². The number of hydrogen-bond donors (Lipinski definition) is 1. The number of halogens is 1. The molecular formula is C14H14BrN3O3. The average Bonchev–Trinajstić information content (AvgIpc) is 2.77. The van der Waals surface area contributed by atoms with E-state index in [1.54, 1.807) is 0 Å². The van der Waals surface area contributed by atoms with E-state index in [9.17, 15) is 14.9 Å². The van der Waals surface area contributed by atoms with Crippen molar-refractivity contribution in [3.8, 4) is 0 Å². The lowest BCUT2D eigenvalue weighted by Crippen LogP contribution is -2.16. The number of nitrogens with zero attached hydrogens (tertiary/aromatic N) is 2. The number of anilines is 1. The number of aromatic nitrogens is 1. The Balaban J connectivity index is 2.28. The lowest BCUT2D eigenvalue weighted by Gasteiger charge is -2.09. The van der Waals surface area contributed by atoms with Gasteiger partial charge in [-0.15, -0.1) is 0 Å². The molecule has 2 rings (SSSR count). The Bertz CT molecular complexity index is 714. The summed E-state index contributed by atoms with van der Waals surface area (Å²) in [5, 5.41) is 13.5. The van der Waals surface area contributed by atoms with Gasteiger partial charge in [-0.25, -0.2) is 4.57 Å². The van der Waals surface area contributed by atoms with Crippen LogP contribution in [0, 0.1) is 24.0 Å². The van der Waals surface area contributed by atoms with Crippen LogP contribution < -0.4 is 5.32 Å². The van der Waals surface area contributed by atoms with E-state index in [0.717, 1.165) is 15.6 Å². The molecule has 21 heavy (non-hydrogen) atoms. The quantitative estimate of drug-likeness (QED) is 0.678. The fourth-order valence-electron chi connectivity index (χ4n) is 2.13. The van der Waals surface area contributed by atoms with E-state index >= 15 is 0 Å². The van der Waals surface area contributed by atoms with Crippen LogP contribution in [0.25, 0.3) is 0 Å². The molecule has 1 N–H and O–H groups in total. The van der Waals surface area contributed by atoms with Crippen molar-refractivity contribution in [2.75, 3.05) is 5.32 Å². The number of nitro groups is 1. The molecule has 7 heteroatoms. The molecule has 0 saturated heterocycles. The zero-order chi connectivity index (χ0) is 15.7. The molecule has 1 heterocycles. The zero-order valence-corrected chi connectivity index (χ0v) is 13.4. The van der Waals surface area contributed by atoms with Gasteiger partial charge in [0.15, 0.2) is 5.69 Å². The molecule has 1 amide bonds. The first-order valence-electron chi connectivity index (χ1n) is 6.19. The van der Waals surface area contributed by atoms with Crippen LogP contribution in [0.5, 0.6) is 0 Å². The van der Waals surface area contributed by atoms with Crippen molar-refractivity contribution in [3.05, 3.63) is 55.7 Å². The van der Waals surface area contributed by atoms with Crippen LogP contribution in [-0.4, -0.2) is 15.4 Å². The summed E-state index contributed by atoms with van der Waals surface area (Å²) in [5.41, 5.74) is 2.90. The van der Waals surface area contributed by atoms with E-state index in [4.69, 9.17) is 0 Å². The highest BCUT2D eigenvalue weighted by Crippen LogP contribution is 2.25. The molecule has 0 radical (unpaired) electrons. The SMILES string of the molecule is Cc1cc(NC(=O)c2ccc([N+](=O)[O-])n2C)cc(C)c1Br. The number of carbonyl (C=O) groups excluding carboxylic acids is 1. The highest BCUT2D eigenvalue weighted by molar-refractivity contribution is 9.10. The molecule has 0 aliphatic rings. The predicted octanol–water partition coefficient (Wildman–Crippen LogP) is 3.56. The van der Waals surface area contributed by atoms with Gasteiger partial charge in [0.05, 0.1) is 7.05 Å². The third-order valence-corrected chi connectivity index (χ3v) is 4.46. The lowest BCUT2D eigenvalue weighted by molar-refractivity contribution is -0.391. The van der Waals surface area contributed by atoms with Gasteiger partial charge in [0.2, 0.25) is 0 Å². The average molecular weight is 352 g/mol. The van der Waals surface area contributed by atoms with Gasteiger partial charge in [0.25, 0.3) is 5.91 Å². The molecule has 1 aromatic heterocycles. The van der Waals surface area contributed by atoms with Gasteiger partial charge < -0.3 is 15.4 Å². The van der Waals surface area contributed by atoms with Gasteiger partial charge in [-0.1, -0.05) is 15.9 Å². The van der Waals surface area contributed by atoms with Crippen molar-refractivity contribution in [1.82, 2.24) is 4.57 Å². The highest BCUT2D eigenvalue weighted by atomic mass is 79.9. The van der Waals surface area contributed by atoms with Gasteiger partial charge in [0.1, 0.15) is 0 Å².